The predicted molar refractivity (Wildman–Crippen MR) is 83.2 cm³/mol. The van der Waals surface area contributed by atoms with Crippen molar-refractivity contribution in [1.29, 1.82) is 0 Å². The van der Waals surface area contributed by atoms with Crippen molar-refractivity contribution in [3.05, 3.63) is 28.1 Å². The second-order valence-electron chi connectivity index (χ2n) is 5.80. The second-order valence-corrected chi connectivity index (χ2v) is 6.75. The van der Waals surface area contributed by atoms with Gasteiger partial charge in [-0.25, -0.2) is 4.79 Å². The van der Waals surface area contributed by atoms with Crippen molar-refractivity contribution in [2.45, 2.75) is 38.0 Å². The molecule has 4 rings (SSSR count). The van der Waals surface area contributed by atoms with Gasteiger partial charge in [-0.3, -0.25) is 4.79 Å². The van der Waals surface area contributed by atoms with E-state index in [0.29, 0.717) is 13.2 Å². The monoisotopic (exact) mass is 335 g/mol. The Kier molecular flexibility index (Phi) is 3.78. The number of nitrogens with zero attached hydrogens (tertiary/aromatic N) is 3. The predicted octanol–water partition coefficient (Wildman–Crippen LogP) is 1.34. The lowest BCUT2D eigenvalue weighted by atomic mass is 10.1. The molecule has 2 fully saturated rings. The summed E-state index contributed by atoms with van der Waals surface area (Å²) in [5, 5.41) is 6.02. The summed E-state index contributed by atoms with van der Waals surface area (Å²) in [6.07, 6.45) is 3.18. The summed E-state index contributed by atoms with van der Waals surface area (Å²) in [4.78, 5) is 27.1. The third kappa shape index (κ3) is 2.72. The quantitative estimate of drug-likeness (QED) is 0.846. The molecule has 0 unspecified atom stereocenters. The van der Waals surface area contributed by atoms with Crippen molar-refractivity contribution in [1.82, 2.24) is 14.7 Å². The SMILES string of the molecule is O=C(Cn1nc(-c2cccs2)oc1=O)N1CCO[C@@H]2CCC[C@@H]21. The highest BCUT2D eigenvalue weighted by Crippen LogP contribution is 2.29. The fourth-order valence-electron chi connectivity index (χ4n) is 3.36. The lowest BCUT2D eigenvalue weighted by molar-refractivity contribution is -0.144. The van der Waals surface area contributed by atoms with Gasteiger partial charge in [0.15, 0.2) is 0 Å². The highest BCUT2D eigenvalue weighted by molar-refractivity contribution is 7.13. The van der Waals surface area contributed by atoms with Crippen LogP contribution in [0.2, 0.25) is 0 Å². The molecule has 0 spiro atoms. The van der Waals surface area contributed by atoms with Gasteiger partial charge in [-0.05, 0) is 30.7 Å². The number of morpholine rings is 1. The number of aromatic nitrogens is 2. The maximum atomic E-state index is 12.6. The highest BCUT2D eigenvalue weighted by atomic mass is 32.1. The minimum atomic E-state index is -0.599. The molecular formula is C15H17N3O4S. The van der Waals surface area contributed by atoms with Crippen LogP contribution in [0.15, 0.2) is 26.7 Å². The van der Waals surface area contributed by atoms with Crippen molar-refractivity contribution in [2.75, 3.05) is 13.2 Å². The molecule has 2 atom stereocenters. The Morgan fingerprint density at radius 1 is 1.43 bits per heavy atom. The Hall–Kier alpha value is -1.93. The van der Waals surface area contributed by atoms with Gasteiger partial charge in [-0.15, -0.1) is 16.4 Å². The van der Waals surface area contributed by atoms with Crippen molar-refractivity contribution in [2.24, 2.45) is 0 Å². The number of hydrogen-bond acceptors (Lipinski definition) is 6. The molecule has 2 aromatic heterocycles. The zero-order valence-corrected chi connectivity index (χ0v) is 13.3. The van der Waals surface area contributed by atoms with E-state index in [1.807, 2.05) is 22.4 Å². The summed E-state index contributed by atoms with van der Waals surface area (Å²) in [5.41, 5.74) is 0. The minimum Gasteiger partial charge on any atom is -0.387 e. The molecule has 1 aliphatic carbocycles. The number of fused-ring (bicyclic) bond motifs is 1. The Labute approximate surface area is 136 Å². The van der Waals surface area contributed by atoms with E-state index in [1.165, 1.54) is 11.3 Å². The fourth-order valence-corrected chi connectivity index (χ4v) is 4.00. The molecule has 1 amide bonds. The zero-order chi connectivity index (χ0) is 15.8. The third-order valence-electron chi connectivity index (χ3n) is 4.43. The van der Waals surface area contributed by atoms with Crippen LogP contribution < -0.4 is 5.76 Å². The molecule has 8 heteroatoms. The minimum absolute atomic E-state index is 0.0864. The summed E-state index contributed by atoms with van der Waals surface area (Å²) in [5.74, 6) is -0.435. The summed E-state index contributed by atoms with van der Waals surface area (Å²) in [6, 6.07) is 3.82. The molecular weight excluding hydrogens is 318 g/mol. The molecule has 0 radical (unpaired) electrons. The van der Waals surface area contributed by atoms with Crippen LogP contribution in [0.4, 0.5) is 0 Å². The van der Waals surface area contributed by atoms with E-state index >= 15 is 0 Å². The van der Waals surface area contributed by atoms with Gasteiger partial charge in [0.2, 0.25) is 5.91 Å². The lowest BCUT2D eigenvalue weighted by Crippen LogP contribution is -2.52. The number of ether oxygens (including phenoxy) is 1. The number of rotatable bonds is 3. The first-order chi connectivity index (χ1) is 11.2. The van der Waals surface area contributed by atoms with Crippen LogP contribution in [-0.4, -0.2) is 45.9 Å². The maximum absolute atomic E-state index is 12.6. The first-order valence-corrected chi connectivity index (χ1v) is 8.63. The molecule has 23 heavy (non-hydrogen) atoms. The number of hydrogen-bond donors (Lipinski definition) is 0. The smallest absolute Gasteiger partial charge is 0.387 e. The summed E-state index contributed by atoms with van der Waals surface area (Å²) in [7, 11) is 0. The largest absolute Gasteiger partial charge is 0.437 e. The maximum Gasteiger partial charge on any atom is 0.437 e. The molecule has 0 aromatic carbocycles. The van der Waals surface area contributed by atoms with Crippen LogP contribution >= 0.6 is 11.3 Å². The van der Waals surface area contributed by atoms with E-state index in [9.17, 15) is 9.59 Å². The topological polar surface area (TPSA) is 77.6 Å². The molecule has 0 bridgehead atoms. The van der Waals surface area contributed by atoms with Crippen LogP contribution in [0.3, 0.4) is 0 Å². The number of thiophene rings is 1. The van der Waals surface area contributed by atoms with E-state index in [4.69, 9.17) is 9.15 Å². The average molecular weight is 335 g/mol. The van der Waals surface area contributed by atoms with E-state index in [0.717, 1.165) is 28.8 Å². The molecule has 7 nitrogen and oxygen atoms in total. The molecule has 1 aliphatic heterocycles. The molecule has 1 saturated carbocycles. The zero-order valence-electron chi connectivity index (χ0n) is 12.5. The molecule has 1 saturated heterocycles. The van der Waals surface area contributed by atoms with E-state index in [-0.39, 0.29) is 30.5 Å². The number of carbonyl (C=O) groups excluding carboxylic acids is 1. The molecule has 0 N–H and O–H groups in total. The van der Waals surface area contributed by atoms with Crippen molar-refractivity contribution in [3.63, 3.8) is 0 Å². The van der Waals surface area contributed by atoms with Crippen molar-refractivity contribution in [3.8, 4) is 10.8 Å². The summed E-state index contributed by atoms with van der Waals surface area (Å²) in [6.45, 7) is 1.04. The van der Waals surface area contributed by atoms with Crippen molar-refractivity contribution < 1.29 is 13.9 Å². The second kappa shape index (κ2) is 5.93. The first kappa shape index (κ1) is 14.6. The van der Waals surface area contributed by atoms with Gasteiger partial charge in [0.25, 0.3) is 5.89 Å². The van der Waals surface area contributed by atoms with Crippen LogP contribution in [0, 0.1) is 0 Å². The molecule has 2 aliphatic rings. The van der Waals surface area contributed by atoms with Gasteiger partial charge in [0.1, 0.15) is 6.54 Å². The standard InChI is InChI=1S/C15H17N3O4S/c19-13(17-6-7-21-11-4-1-3-10(11)17)9-18-15(20)22-14(16-18)12-5-2-8-23-12/h2,5,8,10-11H,1,3-4,6-7,9H2/t10-,11+/m0/s1. The first-order valence-electron chi connectivity index (χ1n) is 7.75. The Bertz CT molecular complexity index is 751. The molecule has 3 heterocycles. The van der Waals surface area contributed by atoms with Crippen LogP contribution in [-0.2, 0) is 16.1 Å². The van der Waals surface area contributed by atoms with Gasteiger partial charge >= 0.3 is 5.76 Å². The van der Waals surface area contributed by atoms with Gasteiger partial charge in [-0.2, -0.15) is 4.68 Å². The Morgan fingerprint density at radius 2 is 2.35 bits per heavy atom. The fraction of sp³-hybridized carbons (Fsp3) is 0.533. The van der Waals surface area contributed by atoms with Gasteiger partial charge < -0.3 is 14.1 Å². The summed E-state index contributed by atoms with van der Waals surface area (Å²) < 4.78 is 12.0. The third-order valence-corrected chi connectivity index (χ3v) is 5.28. The molecule has 2 aromatic rings. The Balaban J connectivity index is 1.51. The normalized spacial score (nSPS) is 23.9. The average Bonchev–Trinajstić information content (AvgIpc) is 3.27. The number of amides is 1. The summed E-state index contributed by atoms with van der Waals surface area (Å²) >= 11 is 1.44. The van der Waals surface area contributed by atoms with E-state index in [1.54, 1.807) is 0 Å². The van der Waals surface area contributed by atoms with Crippen molar-refractivity contribution >= 4 is 17.2 Å². The molecule has 122 valence electrons. The van der Waals surface area contributed by atoms with Crippen LogP contribution in [0.25, 0.3) is 10.8 Å². The van der Waals surface area contributed by atoms with Gasteiger partial charge in [0.05, 0.1) is 23.6 Å². The van der Waals surface area contributed by atoms with Crippen LogP contribution in [0.1, 0.15) is 19.3 Å². The highest BCUT2D eigenvalue weighted by Gasteiger charge is 2.38. The van der Waals surface area contributed by atoms with E-state index < -0.39 is 5.76 Å². The van der Waals surface area contributed by atoms with Crippen LogP contribution in [0.5, 0.6) is 0 Å². The number of carbonyl (C=O) groups is 1. The van der Waals surface area contributed by atoms with Gasteiger partial charge in [-0.1, -0.05) is 6.07 Å². The Morgan fingerprint density at radius 3 is 3.17 bits per heavy atom. The van der Waals surface area contributed by atoms with E-state index in [2.05, 4.69) is 5.10 Å². The van der Waals surface area contributed by atoms with Gasteiger partial charge in [0, 0.05) is 6.54 Å². The lowest BCUT2D eigenvalue weighted by Gasteiger charge is -2.37.